The lowest BCUT2D eigenvalue weighted by atomic mass is 10.1. The van der Waals surface area contributed by atoms with Crippen LogP contribution in [0, 0.1) is 0 Å². The average molecular weight is 685 g/mol. The minimum Gasteiger partial charge on any atom is -0.321 e. The van der Waals surface area contributed by atoms with Crippen molar-refractivity contribution < 1.29 is 34.9 Å². The van der Waals surface area contributed by atoms with Crippen molar-refractivity contribution >= 4 is 20.2 Å². The minimum absolute atomic E-state index is 0.175. The molecule has 0 amide bonds. The Morgan fingerprint density at radius 3 is 0.822 bits per heavy atom. The normalized spacial score (nSPS) is 15.2. The molecule has 0 aromatic heterocycles. The van der Waals surface area contributed by atoms with Crippen LogP contribution in [0.3, 0.4) is 0 Å². The number of hydrogen-bond donors (Lipinski definition) is 2. The van der Waals surface area contributed by atoms with Crippen LogP contribution < -0.4 is 0 Å². The summed E-state index contributed by atoms with van der Waals surface area (Å²) in [6, 6.07) is 0. The number of quaternary nitrogens is 2. The molecule has 0 aromatic carbocycles. The summed E-state index contributed by atoms with van der Waals surface area (Å²) in [7, 11) is -3.25. The lowest BCUT2D eigenvalue weighted by Crippen LogP contribution is -2.55. The summed E-state index contributed by atoms with van der Waals surface area (Å²) in [6.07, 6.45) is 27.1. The lowest BCUT2D eigenvalue weighted by molar-refractivity contribution is -0.964. The molecule has 2 unspecified atom stereocenters. The quantitative estimate of drug-likeness (QED) is 0.0399. The summed E-state index contributed by atoms with van der Waals surface area (Å²) in [5.41, 5.74) is 0. The molecule has 0 bridgehead atoms. The van der Waals surface area contributed by atoms with Gasteiger partial charge in [0.1, 0.15) is 13.1 Å². The van der Waals surface area contributed by atoms with Gasteiger partial charge in [0, 0.05) is 0 Å². The largest absolute Gasteiger partial charge is 0.321 e. The highest BCUT2D eigenvalue weighted by Gasteiger charge is 2.29. The van der Waals surface area contributed by atoms with Gasteiger partial charge in [-0.2, -0.15) is 16.8 Å². The van der Waals surface area contributed by atoms with Gasteiger partial charge in [0.25, 0.3) is 20.2 Å². The maximum Gasteiger partial charge on any atom is 0.264 e. The van der Waals surface area contributed by atoms with E-state index < -0.39 is 20.2 Å². The zero-order chi connectivity index (χ0) is 33.9. The fraction of sp³-hybridized carbons (Fsp3) is 1.00. The number of nitrogens with zero attached hydrogens (tertiary/aromatic N) is 2. The molecule has 0 radical (unpaired) electrons. The zero-order valence-corrected chi connectivity index (χ0v) is 31.8. The minimum atomic E-state index is -3.93. The van der Waals surface area contributed by atoms with E-state index in [1.807, 2.05) is 0 Å². The Bertz CT molecular complexity index is 900. The molecule has 272 valence electrons. The molecule has 0 saturated carbocycles. The Kier molecular flexibility index (Phi) is 26.5. The SMILES string of the molecule is CCCCCCCCCCCC[N+](C)(CCCCS(=O)(=O)O)CC[N+](C)(CCCCCCCCCCC)CCCCS(=O)(=O)O. The van der Waals surface area contributed by atoms with Crippen molar-refractivity contribution in [2.75, 3.05) is 64.9 Å². The second kappa shape index (κ2) is 26.7. The third-order valence-corrected chi connectivity index (χ3v) is 11.3. The number of unbranched alkanes of at least 4 members (excludes halogenated alkanes) is 19. The Hall–Kier alpha value is -0.260. The van der Waals surface area contributed by atoms with Crippen LogP contribution in [0.4, 0.5) is 0 Å². The Morgan fingerprint density at radius 2 is 0.578 bits per heavy atom. The van der Waals surface area contributed by atoms with Gasteiger partial charge in [0.2, 0.25) is 0 Å². The molecule has 8 nitrogen and oxygen atoms in total. The molecule has 2 atom stereocenters. The van der Waals surface area contributed by atoms with E-state index in [0.29, 0.717) is 12.8 Å². The molecule has 0 aromatic rings. The first-order valence-electron chi connectivity index (χ1n) is 18.8. The van der Waals surface area contributed by atoms with Crippen molar-refractivity contribution in [3.8, 4) is 0 Å². The molecule has 0 aliphatic heterocycles. The molecule has 45 heavy (non-hydrogen) atoms. The number of rotatable bonds is 34. The van der Waals surface area contributed by atoms with Gasteiger partial charge in [-0.15, -0.1) is 0 Å². The molecule has 0 spiro atoms. The average Bonchev–Trinajstić information content (AvgIpc) is 2.96. The molecule has 0 saturated heterocycles. The standard InChI is InChI=1S/C35H74N2O6S2/c1-5-7-9-11-13-15-17-19-21-23-29-37(4,31-25-27-35-45(41,42)43)33-32-36(3,30-24-26-34-44(38,39)40)28-22-20-18-16-14-12-10-8-6-2/h5-35H2,1-4H3/p+2. The molecular formula is C35H76N2O6S2+2. The van der Waals surface area contributed by atoms with Crippen LogP contribution in [-0.4, -0.2) is 99.8 Å². The van der Waals surface area contributed by atoms with Crippen LogP contribution in [0.25, 0.3) is 0 Å². The summed E-state index contributed by atoms with van der Waals surface area (Å²) >= 11 is 0. The summed E-state index contributed by atoms with van der Waals surface area (Å²) in [4.78, 5) is 0. The van der Waals surface area contributed by atoms with E-state index in [1.54, 1.807) is 0 Å². The highest BCUT2D eigenvalue weighted by atomic mass is 32.2. The third-order valence-electron chi connectivity index (χ3n) is 9.73. The van der Waals surface area contributed by atoms with E-state index in [-0.39, 0.29) is 11.5 Å². The van der Waals surface area contributed by atoms with Crippen LogP contribution in [0.1, 0.15) is 162 Å². The van der Waals surface area contributed by atoms with Gasteiger partial charge in [0.05, 0.1) is 51.8 Å². The van der Waals surface area contributed by atoms with Gasteiger partial charge in [-0.3, -0.25) is 9.11 Å². The van der Waals surface area contributed by atoms with Crippen LogP contribution >= 0.6 is 0 Å². The maximum absolute atomic E-state index is 11.3. The first kappa shape index (κ1) is 44.7. The van der Waals surface area contributed by atoms with Crippen LogP contribution in [0.5, 0.6) is 0 Å². The summed E-state index contributed by atoms with van der Waals surface area (Å²) in [5.74, 6) is -0.350. The second-order valence-corrected chi connectivity index (χ2v) is 17.7. The van der Waals surface area contributed by atoms with Crippen molar-refractivity contribution in [1.82, 2.24) is 0 Å². The van der Waals surface area contributed by atoms with Crippen molar-refractivity contribution in [3.05, 3.63) is 0 Å². The highest BCUT2D eigenvalue weighted by molar-refractivity contribution is 7.86. The van der Waals surface area contributed by atoms with Crippen LogP contribution in [0.15, 0.2) is 0 Å². The van der Waals surface area contributed by atoms with Gasteiger partial charge in [-0.25, -0.2) is 0 Å². The number of likely N-dealkylation sites (N-methyl/N-ethyl adjacent to an activating group) is 2. The van der Waals surface area contributed by atoms with Gasteiger partial charge in [-0.05, 0) is 51.4 Å². The van der Waals surface area contributed by atoms with E-state index in [1.165, 1.54) is 122 Å². The molecule has 0 heterocycles. The molecule has 2 N–H and O–H groups in total. The third kappa shape index (κ3) is 30.8. The smallest absolute Gasteiger partial charge is 0.264 e. The number of hydrogen-bond acceptors (Lipinski definition) is 4. The van der Waals surface area contributed by atoms with E-state index >= 15 is 0 Å². The zero-order valence-electron chi connectivity index (χ0n) is 30.2. The second-order valence-electron chi connectivity index (χ2n) is 14.6. The molecule has 0 fully saturated rings. The van der Waals surface area contributed by atoms with Crippen molar-refractivity contribution in [2.24, 2.45) is 0 Å². The Balaban J connectivity index is 5.04. The summed E-state index contributed by atoms with van der Waals surface area (Å²) in [5, 5.41) is 0. The van der Waals surface area contributed by atoms with Crippen molar-refractivity contribution in [1.29, 1.82) is 0 Å². The lowest BCUT2D eigenvalue weighted by Gasteiger charge is -2.40. The van der Waals surface area contributed by atoms with E-state index in [9.17, 15) is 25.9 Å². The maximum atomic E-state index is 11.3. The molecule has 10 heteroatoms. The van der Waals surface area contributed by atoms with Crippen LogP contribution in [0.2, 0.25) is 0 Å². The molecule has 0 rings (SSSR count). The fourth-order valence-electron chi connectivity index (χ4n) is 6.49. The predicted molar refractivity (Wildman–Crippen MR) is 192 cm³/mol. The molecule has 0 aliphatic rings. The Morgan fingerprint density at radius 1 is 0.356 bits per heavy atom. The highest BCUT2D eigenvalue weighted by Crippen LogP contribution is 2.18. The van der Waals surface area contributed by atoms with Crippen molar-refractivity contribution in [2.45, 2.75) is 162 Å². The first-order valence-corrected chi connectivity index (χ1v) is 22.0. The van der Waals surface area contributed by atoms with E-state index in [4.69, 9.17) is 0 Å². The van der Waals surface area contributed by atoms with Crippen LogP contribution in [-0.2, 0) is 20.2 Å². The predicted octanol–water partition coefficient (Wildman–Crippen LogP) is 8.67. The molecular weight excluding hydrogens is 609 g/mol. The summed E-state index contributed by atoms with van der Waals surface area (Å²) < 4.78 is 65.4. The van der Waals surface area contributed by atoms with Gasteiger partial charge in [0.15, 0.2) is 0 Å². The monoisotopic (exact) mass is 685 g/mol. The van der Waals surface area contributed by atoms with Crippen molar-refractivity contribution in [3.63, 3.8) is 0 Å². The van der Waals surface area contributed by atoms with Gasteiger partial charge in [-0.1, -0.05) is 110 Å². The summed E-state index contributed by atoms with van der Waals surface area (Å²) in [6.45, 7) is 10.4. The Labute approximate surface area is 280 Å². The van der Waals surface area contributed by atoms with Gasteiger partial charge >= 0.3 is 0 Å². The molecule has 0 aliphatic carbocycles. The van der Waals surface area contributed by atoms with E-state index in [2.05, 4.69) is 27.9 Å². The van der Waals surface area contributed by atoms with E-state index in [0.717, 1.165) is 61.1 Å². The fourth-order valence-corrected chi connectivity index (χ4v) is 7.63. The topological polar surface area (TPSA) is 109 Å². The first-order chi connectivity index (χ1) is 21.2. The van der Waals surface area contributed by atoms with Gasteiger partial charge < -0.3 is 8.97 Å².